The Morgan fingerprint density at radius 2 is 1.68 bits per heavy atom. The molecule has 0 aliphatic carbocycles. The van der Waals surface area contributed by atoms with Gasteiger partial charge in [0.25, 0.3) is 0 Å². The number of carbonyl (C=O) groups excluding carboxylic acids is 1. The van der Waals surface area contributed by atoms with Crippen LogP contribution in [-0.2, 0) is 14.6 Å². The fraction of sp³-hybridized carbons (Fsp3) is 0.300. The monoisotopic (exact) mass is 521 g/mol. The summed E-state index contributed by atoms with van der Waals surface area (Å²) in [6.45, 7) is 1.12. The van der Waals surface area contributed by atoms with Gasteiger partial charge in [0.15, 0.2) is 15.0 Å². The first-order chi connectivity index (χ1) is 14.2. The molecular weight excluding hydrogens is 501 g/mol. The Balaban J connectivity index is 0.00000341. The summed E-state index contributed by atoms with van der Waals surface area (Å²) in [6.07, 6.45) is 0.677. The number of carbonyl (C=O) groups is 1. The van der Waals surface area contributed by atoms with Crippen molar-refractivity contribution in [3.05, 3.63) is 52.5 Å². The van der Waals surface area contributed by atoms with Gasteiger partial charge >= 0.3 is 0 Å². The van der Waals surface area contributed by atoms with Gasteiger partial charge in [-0.1, -0.05) is 34.5 Å². The van der Waals surface area contributed by atoms with Crippen LogP contribution in [0.25, 0.3) is 10.2 Å². The lowest BCUT2D eigenvalue weighted by molar-refractivity contribution is -0.116. The summed E-state index contributed by atoms with van der Waals surface area (Å²) in [5.41, 5.74) is 0.713. The molecule has 0 unspecified atom stereocenters. The van der Waals surface area contributed by atoms with Gasteiger partial charge in [0.1, 0.15) is 5.75 Å². The zero-order chi connectivity index (χ0) is 21.9. The lowest BCUT2D eigenvalue weighted by atomic mass is 10.3. The molecule has 1 aromatic heterocycles. The van der Waals surface area contributed by atoms with Crippen molar-refractivity contribution >= 4 is 78.0 Å². The van der Waals surface area contributed by atoms with E-state index < -0.39 is 21.5 Å². The van der Waals surface area contributed by atoms with Gasteiger partial charge in [-0.05, 0) is 69.5 Å². The molecule has 0 radical (unpaired) electrons. The Bertz CT molecular complexity index is 1150. The van der Waals surface area contributed by atoms with Crippen molar-refractivity contribution in [1.82, 2.24) is 9.88 Å². The van der Waals surface area contributed by atoms with Crippen LogP contribution in [0, 0.1) is 0 Å². The topological polar surface area (TPSA) is 70.6 Å². The minimum atomic E-state index is -3.81. The molecule has 0 fully saturated rings. The molecule has 0 saturated heterocycles. The third kappa shape index (κ3) is 6.78. The van der Waals surface area contributed by atoms with Crippen molar-refractivity contribution in [2.24, 2.45) is 0 Å². The summed E-state index contributed by atoms with van der Waals surface area (Å²) < 4.78 is 26.3. The van der Waals surface area contributed by atoms with E-state index in [0.717, 1.165) is 11.2 Å². The molecule has 2 aromatic carbocycles. The van der Waals surface area contributed by atoms with Crippen LogP contribution in [0.4, 0.5) is 5.13 Å². The van der Waals surface area contributed by atoms with E-state index in [1.54, 1.807) is 18.2 Å². The number of anilines is 1. The van der Waals surface area contributed by atoms with E-state index >= 15 is 0 Å². The number of halogens is 3. The fourth-order valence-electron chi connectivity index (χ4n) is 2.84. The Kier molecular flexibility index (Phi) is 9.12. The normalized spacial score (nSPS) is 11.5. The molecule has 0 N–H and O–H groups in total. The largest absolute Gasteiger partial charge is 0.309 e. The van der Waals surface area contributed by atoms with Crippen molar-refractivity contribution in [3.8, 4) is 0 Å². The van der Waals surface area contributed by atoms with Gasteiger partial charge in [-0.3, -0.25) is 9.69 Å². The quantitative estimate of drug-likeness (QED) is 0.426. The Hall–Kier alpha value is -1.42. The highest BCUT2D eigenvalue weighted by molar-refractivity contribution is 7.92. The van der Waals surface area contributed by atoms with E-state index in [1.807, 2.05) is 19.0 Å². The van der Waals surface area contributed by atoms with Gasteiger partial charge < -0.3 is 4.90 Å². The molecule has 0 spiro atoms. The molecule has 3 rings (SSSR count). The second-order valence-electron chi connectivity index (χ2n) is 7.02. The predicted octanol–water partition coefficient (Wildman–Crippen LogP) is 4.78. The minimum Gasteiger partial charge on any atom is -0.309 e. The molecule has 1 amide bonds. The van der Waals surface area contributed by atoms with E-state index in [1.165, 1.54) is 40.5 Å². The van der Waals surface area contributed by atoms with Crippen LogP contribution in [-0.4, -0.2) is 57.1 Å². The number of amides is 1. The number of sulfone groups is 1. The number of rotatable bonds is 8. The predicted molar refractivity (Wildman–Crippen MR) is 131 cm³/mol. The molecule has 31 heavy (non-hydrogen) atoms. The van der Waals surface area contributed by atoms with Gasteiger partial charge in [-0.25, -0.2) is 13.4 Å². The first kappa shape index (κ1) is 25.8. The summed E-state index contributed by atoms with van der Waals surface area (Å²) in [5.74, 6) is -1.17. The fourth-order valence-corrected chi connectivity index (χ4v) is 5.45. The Morgan fingerprint density at radius 3 is 2.32 bits per heavy atom. The van der Waals surface area contributed by atoms with Gasteiger partial charge in [-0.2, -0.15) is 0 Å². The molecule has 0 bridgehead atoms. The van der Waals surface area contributed by atoms with Crippen LogP contribution in [0.15, 0.2) is 47.4 Å². The molecular formula is C20H22Cl3N3O3S2. The second-order valence-corrected chi connectivity index (χ2v) is 10.9. The number of aromatic nitrogens is 1. The molecule has 0 atom stereocenters. The van der Waals surface area contributed by atoms with E-state index in [-0.39, 0.29) is 17.3 Å². The number of hydrogen-bond donors (Lipinski definition) is 0. The molecule has 0 aliphatic rings. The lowest BCUT2D eigenvalue weighted by Crippen LogP contribution is -2.37. The number of fused-ring (bicyclic) bond motifs is 1. The molecule has 168 valence electrons. The van der Waals surface area contributed by atoms with Crippen LogP contribution < -0.4 is 4.90 Å². The zero-order valence-electron chi connectivity index (χ0n) is 16.9. The first-order valence-electron chi connectivity index (χ1n) is 9.15. The maximum absolute atomic E-state index is 13.1. The van der Waals surface area contributed by atoms with Gasteiger partial charge in [0, 0.05) is 16.6 Å². The minimum absolute atomic E-state index is 0. The van der Waals surface area contributed by atoms with E-state index in [9.17, 15) is 13.2 Å². The Labute approximate surface area is 202 Å². The highest BCUT2D eigenvalue weighted by Gasteiger charge is 2.26. The SMILES string of the molecule is CN(C)CCCN(C(=O)CS(=O)(=O)c1ccc(Cl)cc1)c1nc2ccc(Cl)cc2s1.Cl. The van der Waals surface area contributed by atoms with Crippen molar-refractivity contribution in [3.63, 3.8) is 0 Å². The average molecular weight is 523 g/mol. The molecule has 11 heteroatoms. The summed E-state index contributed by atoms with van der Waals surface area (Å²) in [6, 6.07) is 11.1. The van der Waals surface area contributed by atoms with Crippen LogP contribution in [0.1, 0.15) is 6.42 Å². The van der Waals surface area contributed by atoms with Crippen LogP contribution >= 0.6 is 46.9 Å². The third-order valence-electron chi connectivity index (χ3n) is 4.34. The van der Waals surface area contributed by atoms with Crippen molar-refractivity contribution in [2.75, 3.05) is 37.8 Å². The van der Waals surface area contributed by atoms with E-state index in [2.05, 4.69) is 4.98 Å². The third-order valence-corrected chi connectivity index (χ3v) is 7.49. The second kappa shape index (κ2) is 10.9. The smallest absolute Gasteiger partial charge is 0.244 e. The van der Waals surface area contributed by atoms with Crippen LogP contribution in [0.3, 0.4) is 0 Å². The summed E-state index contributed by atoms with van der Waals surface area (Å²) in [5, 5.41) is 1.47. The summed E-state index contributed by atoms with van der Waals surface area (Å²) in [4.78, 5) is 21.1. The molecule has 3 aromatic rings. The zero-order valence-corrected chi connectivity index (χ0v) is 20.9. The van der Waals surface area contributed by atoms with Crippen molar-refractivity contribution < 1.29 is 13.2 Å². The highest BCUT2D eigenvalue weighted by atomic mass is 35.5. The number of thiazole rings is 1. The average Bonchev–Trinajstić information content (AvgIpc) is 3.07. The van der Waals surface area contributed by atoms with Crippen molar-refractivity contribution in [1.29, 1.82) is 0 Å². The standard InChI is InChI=1S/C20H21Cl2N3O3S2.ClH/c1-24(2)10-3-11-25(20-23-17-9-6-15(22)12-18(17)29-20)19(26)13-30(27,28)16-7-4-14(21)5-8-16;/h4-9,12H,3,10-11,13H2,1-2H3;1H. The first-order valence-corrected chi connectivity index (χ1v) is 12.4. The highest BCUT2D eigenvalue weighted by Crippen LogP contribution is 2.31. The maximum atomic E-state index is 13.1. The molecule has 0 saturated carbocycles. The van der Waals surface area contributed by atoms with Gasteiger partial charge in [0.2, 0.25) is 5.91 Å². The van der Waals surface area contributed by atoms with E-state index in [4.69, 9.17) is 23.2 Å². The van der Waals surface area contributed by atoms with Crippen molar-refractivity contribution in [2.45, 2.75) is 11.3 Å². The van der Waals surface area contributed by atoms with Crippen LogP contribution in [0.2, 0.25) is 10.0 Å². The molecule has 6 nitrogen and oxygen atoms in total. The van der Waals surface area contributed by atoms with Gasteiger partial charge in [0.05, 0.1) is 15.1 Å². The van der Waals surface area contributed by atoms with Gasteiger partial charge in [-0.15, -0.1) is 12.4 Å². The summed E-state index contributed by atoms with van der Waals surface area (Å²) >= 11 is 13.2. The van der Waals surface area contributed by atoms with Crippen LogP contribution in [0.5, 0.6) is 0 Å². The number of nitrogens with zero attached hydrogens (tertiary/aromatic N) is 3. The molecule has 0 aliphatic heterocycles. The Morgan fingerprint density at radius 1 is 1.03 bits per heavy atom. The number of hydrogen-bond acceptors (Lipinski definition) is 6. The molecule has 1 heterocycles. The lowest BCUT2D eigenvalue weighted by Gasteiger charge is -2.21. The van der Waals surface area contributed by atoms with E-state index in [0.29, 0.717) is 33.7 Å². The number of benzene rings is 2. The maximum Gasteiger partial charge on any atom is 0.244 e. The summed E-state index contributed by atoms with van der Waals surface area (Å²) in [7, 11) is 0.0707.